The number of hydrogen-bond acceptors (Lipinski definition) is 2. The van der Waals surface area contributed by atoms with Crippen LogP contribution in [-0.4, -0.2) is 53.1 Å². The second-order valence-corrected chi connectivity index (χ2v) is 4.03. The second kappa shape index (κ2) is 6.08. The Bertz CT molecular complexity index is 318. The van der Waals surface area contributed by atoms with Gasteiger partial charge < -0.3 is 14.9 Å². The van der Waals surface area contributed by atoms with Gasteiger partial charge in [0.1, 0.15) is 0 Å². The maximum atomic E-state index is 12.1. The molecule has 1 unspecified atom stereocenters. The van der Waals surface area contributed by atoms with Crippen molar-refractivity contribution < 1.29 is 14.7 Å². The van der Waals surface area contributed by atoms with Crippen molar-refractivity contribution in [3.8, 4) is 0 Å². The maximum absolute atomic E-state index is 12.1. The summed E-state index contributed by atoms with van der Waals surface area (Å²) in [6.07, 6.45) is 3.81. The number of amides is 2. The molecule has 0 aromatic heterocycles. The second-order valence-electron chi connectivity index (χ2n) is 4.03. The molecule has 0 bridgehead atoms. The zero-order valence-corrected chi connectivity index (χ0v) is 9.84. The minimum Gasteiger partial charge on any atom is -0.481 e. The Morgan fingerprint density at radius 3 is 2.35 bits per heavy atom. The van der Waals surface area contributed by atoms with Gasteiger partial charge in [0.05, 0.1) is 5.92 Å². The summed E-state index contributed by atoms with van der Waals surface area (Å²) < 4.78 is 0. The summed E-state index contributed by atoms with van der Waals surface area (Å²) in [6, 6.07) is -0.145. The molecule has 5 nitrogen and oxygen atoms in total. The molecule has 1 aliphatic rings. The molecular weight excluding hydrogens is 220 g/mol. The molecule has 17 heavy (non-hydrogen) atoms. The molecule has 1 N–H and O–H groups in total. The lowest BCUT2D eigenvalue weighted by atomic mass is 10.1. The van der Waals surface area contributed by atoms with Crippen LogP contribution in [0.15, 0.2) is 25.3 Å². The van der Waals surface area contributed by atoms with E-state index < -0.39 is 11.9 Å². The Morgan fingerprint density at radius 1 is 1.35 bits per heavy atom. The molecule has 1 heterocycles. The summed E-state index contributed by atoms with van der Waals surface area (Å²) in [4.78, 5) is 26.0. The van der Waals surface area contributed by atoms with Crippen molar-refractivity contribution in [2.45, 2.75) is 6.42 Å². The van der Waals surface area contributed by atoms with Crippen LogP contribution in [0, 0.1) is 5.92 Å². The van der Waals surface area contributed by atoms with Crippen molar-refractivity contribution in [3.63, 3.8) is 0 Å². The van der Waals surface area contributed by atoms with Crippen LogP contribution in [0.5, 0.6) is 0 Å². The molecule has 1 saturated heterocycles. The SMILES string of the molecule is C=CCN(CC=C)C(=O)N1CCC(C(=O)O)C1. The Balaban J connectivity index is 2.59. The van der Waals surface area contributed by atoms with Crippen LogP contribution in [0.4, 0.5) is 4.79 Å². The number of urea groups is 1. The van der Waals surface area contributed by atoms with E-state index in [4.69, 9.17) is 5.11 Å². The lowest BCUT2D eigenvalue weighted by Gasteiger charge is -2.26. The summed E-state index contributed by atoms with van der Waals surface area (Å²) in [5, 5.41) is 8.87. The van der Waals surface area contributed by atoms with E-state index in [0.29, 0.717) is 32.6 Å². The Kier molecular flexibility index (Phi) is 4.75. The van der Waals surface area contributed by atoms with Gasteiger partial charge in [-0.3, -0.25) is 4.79 Å². The van der Waals surface area contributed by atoms with Gasteiger partial charge >= 0.3 is 12.0 Å². The van der Waals surface area contributed by atoms with Crippen LogP contribution < -0.4 is 0 Å². The van der Waals surface area contributed by atoms with E-state index in [1.54, 1.807) is 22.0 Å². The minimum absolute atomic E-state index is 0.145. The fourth-order valence-corrected chi connectivity index (χ4v) is 1.88. The normalized spacial score (nSPS) is 18.8. The van der Waals surface area contributed by atoms with Gasteiger partial charge in [-0.2, -0.15) is 0 Å². The minimum atomic E-state index is -0.834. The lowest BCUT2D eigenvalue weighted by Crippen LogP contribution is -2.42. The number of carbonyl (C=O) groups excluding carboxylic acids is 1. The van der Waals surface area contributed by atoms with Gasteiger partial charge in [-0.15, -0.1) is 13.2 Å². The van der Waals surface area contributed by atoms with E-state index in [9.17, 15) is 9.59 Å². The zero-order chi connectivity index (χ0) is 12.8. The van der Waals surface area contributed by atoms with Gasteiger partial charge in [-0.25, -0.2) is 4.79 Å². The molecule has 1 fully saturated rings. The lowest BCUT2D eigenvalue weighted by molar-refractivity contribution is -0.141. The number of carboxylic acids is 1. The van der Waals surface area contributed by atoms with E-state index in [1.165, 1.54) is 0 Å². The number of hydrogen-bond donors (Lipinski definition) is 1. The van der Waals surface area contributed by atoms with Crippen LogP contribution in [0.2, 0.25) is 0 Å². The first-order valence-electron chi connectivity index (χ1n) is 5.58. The third kappa shape index (κ3) is 3.34. The van der Waals surface area contributed by atoms with E-state index in [2.05, 4.69) is 13.2 Å². The Morgan fingerprint density at radius 2 is 1.94 bits per heavy atom. The first-order valence-corrected chi connectivity index (χ1v) is 5.58. The standard InChI is InChI=1S/C12H18N2O3/c1-3-6-13(7-4-2)12(17)14-8-5-10(9-14)11(15)16/h3-4,10H,1-2,5-9H2,(H,15,16). The van der Waals surface area contributed by atoms with E-state index in [0.717, 1.165) is 0 Å². The van der Waals surface area contributed by atoms with Crippen LogP contribution in [0.25, 0.3) is 0 Å². The van der Waals surface area contributed by atoms with Gasteiger partial charge in [0.25, 0.3) is 0 Å². The van der Waals surface area contributed by atoms with Gasteiger partial charge in [0.15, 0.2) is 0 Å². The topological polar surface area (TPSA) is 60.9 Å². The third-order valence-electron chi connectivity index (χ3n) is 2.78. The molecule has 5 heteroatoms. The summed E-state index contributed by atoms with van der Waals surface area (Å²) in [6.45, 7) is 8.87. The molecule has 2 amide bonds. The summed E-state index contributed by atoms with van der Waals surface area (Å²) in [5.41, 5.74) is 0. The van der Waals surface area contributed by atoms with Crippen LogP contribution in [0.3, 0.4) is 0 Å². The summed E-state index contributed by atoms with van der Waals surface area (Å²) >= 11 is 0. The van der Waals surface area contributed by atoms with E-state index in [-0.39, 0.29) is 6.03 Å². The fourth-order valence-electron chi connectivity index (χ4n) is 1.88. The molecule has 1 atom stereocenters. The predicted octanol–water partition coefficient (Wildman–Crippen LogP) is 1.19. The average Bonchev–Trinajstić information content (AvgIpc) is 2.77. The number of likely N-dealkylation sites (tertiary alicyclic amines) is 1. The molecule has 1 aliphatic heterocycles. The summed E-state index contributed by atoms with van der Waals surface area (Å²) in [5.74, 6) is -1.27. The van der Waals surface area contributed by atoms with Gasteiger partial charge in [-0.1, -0.05) is 12.2 Å². The molecule has 94 valence electrons. The average molecular weight is 238 g/mol. The van der Waals surface area contributed by atoms with Crippen molar-refractivity contribution in [2.75, 3.05) is 26.2 Å². The maximum Gasteiger partial charge on any atom is 0.320 e. The van der Waals surface area contributed by atoms with Crippen LogP contribution in [0.1, 0.15) is 6.42 Å². The molecule has 0 aromatic rings. The van der Waals surface area contributed by atoms with Crippen molar-refractivity contribution >= 4 is 12.0 Å². The predicted molar refractivity (Wildman–Crippen MR) is 64.7 cm³/mol. The number of carbonyl (C=O) groups is 2. The molecule has 1 rings (SSSR count). The first-order chi connectivity index (χ1) is 8.10. The van der Waals surface area contributed by atoms with E-state index in [1.807, 2.05) is 0 Å². The van der Waals surface area contributed by atoms with Gasteiger partial charge in [-0.05, 0) is 6.42 Å². The summed E-state index contributed by atoms with van der Waals surface area (Å²) in [7, 11) is 0. The molecule has 0 radical (unpaired) electrons. The molecule has 0 saturated carbocycles. The fraction of sp³-hybridized carbons (Fsp3) is 0.500. The van der Waals surface area contributed by atoms with E-state index >= 15 is 0 Å². The van der Waals surface area contributed by atoms with Crippen molar-refractivity contribution in [1.82, 2.24) is 9.80 Å². The monoisotopic (exact) mass is 238 g/mol. The number of nitrogens with zero attached hydrogens (tertiary/aromatic N) is 2. The molecule has 0 aliphatic carbocycles. The highest BCUT2D eigenvalue weighted by atomic mass is 16.4. The van der Waals surface area contributed by atoms with Crippen LogP contribution in [-0.2, 0) is 4.79 Å². The van der Waals surface area contributed by atoms with Crippen LogP contribution >= 0.6 is 0 Å². The zero-order valence-electron chi connectivity index (χ0n) is 9.84. The largest absolute Gasteiger partial charge is 0.481 e. The van der Waals surface area contributed by atoms with Crippen molar-refractivity contribution in [3.05, 3.63) is 25.3 Å². The molecular formula is C12H18N2O3. The number of aliphatic carboxylic acids is 1. The Labute approximate surface area is 101 Å². The number of carboxylic acid groups (broad SMARTS) is 1. The highest BCUT2D eigenvalue weighted by Crippen LogP contribution is 2.17. The first kappa shape index (κ1) is 13.3. The number of rotatable bonds is 5. The molecule has 0 spiro atoms. The van der Waals surface area contributed by atoms with Gasteiger partial charge in [0, 0.05) is 26.2 Å². The highest BCUT2D eigenvalue weighted by molar-refractivity contribution is 5.77. The highest BCUT2D eigenvalue weighted by Gasteiger charge is 2.32. The van der Waals surface area contributed by atoms with Crippen molar-refractivity contribution in [1.29, 1.82) is 0 Å². The van der Waals surface area contributed by atoms with Gasteiger partial charge in [0.2, 0.25) is 0 Å². The smallest absolute Gasteiger partial charge is 0.320 e. The quantitative estimate of drug-likeness (QED) is 0.732. The van der Waals surface area contributed by atoms with Crippen molar-refractivity contribution in [2.24, 2.45) is 5.92 Å². The third-order valence-corrected chi connectivity index (χ3v) is 2.78. The molecule has 0 aromatic carbocycles. The Hall–Kier alpha value is -1.78.